The van der Waals surface area contributed by atoms with Gasteiger partial charge in [0.15, 0.2) is 0 Å². The van der Waals surface area contributed by atoms with Crippen LogP contribution in [0.5, 0.6) is 5.75 Å². The molecule has 1 aromatic heterocycles. The summed E-state index contributed by atoms with van der Waals surface area (Å²) in [6.45, 7) is 3.95. The number of methoxy groups -OCH3 is 1. The van der Waals surface area contributed by atoms with Crippen molar-refractivity contribution in [2.24, 2.45) is 0 Å². The maximum Gasteiger partial charge on any atom is 0.130 e. The summed E-state index contributed by atoms with van der Waals surface area (Å²) in [7, 11) is 1.66. The third-order valence-electron chi connectivity index (χ3n) is 2.81. The summed E-state index contributed by atoms with van der Waals surface area (Å²) in [5, 5.41) is 0. The first-order valence-electron chi connectivity index (χ1n) is 5.35. The van der Waals surface area contributed by atoms with Crippen LogP contribution in [0.3, 0.4) is 0 Å². The Kier molecular flexibility index (Phi) is 2.95. The molecule has 0 aliphatic rings. The molecule has 1 aromatic carbocycles. The zero-order valence-electron chi connectivity index (χ0n) is 10.2. The van der Waals surface area contributed by atoms with E-state index in [1.165, 1.54) is 6.33 Å². The van der Waals surface area contributed by atoms with Crippen molar-refractivity contribution in [1.29, 1.82) is 0 Å². The van der Waals surface area contributed by atoms with Gasteiger partial charge in [-0.15, -0.1) is 0 Å². The van der Waals surface area contributed by atoms with Gasteiger partial charge in [-0.05, 0) is 37.6 Å². The van der Waals surface area contributed by atoms with E-state index in [0.717, 1.165) is 28.1 Å². The lowest BCUT2D eigenvalue weighted by Gasteiger charge is -2.10. The van der Waals surface area contributed by atoms with Crippen molar-refractivity contribution < 1.29 is 4.74 Å². The van der Waals surface area contributed by atoms with Gasteiger partial charge in [-0.1, -0.05) is 0 Å². The minimum Gasteiger partial charge on any atom is -0.497 e. The van der Waals surface area contributed by atoms with Gasteiger partial charge in [0.2, 0.25) is 0 Å². The van der Waals surface area contributed by atoms with Crippen LogP contribution in [-0.2, 0) is 0 Å². The zero-order chi connectivity index (χ0) is 12.4. The Labute approximate surface area is 100 Å². The summed E-state index contributed by atoms with van der Waals surface area (Å²) in [6, 6.07) is 5.89. The highest BCUT2D eigenvalue weighted by atomic mass is 16.5. The van der Waals surface area contributed by atoms with Gasteiger partial charge in [0.05, 0.1) is 12.8 Å². The molecule has 4 nitrogen and oxygen atoms in total. The average Bonchev–Trinajstić information content (AvgIpc) is 2.33. The third kappa shape index (κ3) is 2.06. The monoisotopic (exact) mass is 229 g/mol. The molecule has 0 amide bonds. The summed E-state index contributed by atoms with van der Waals surface area (Å²) in [4.78, 5) is 8.26. The molecule has 0 fully saturated rings. The summed E-state index contributed by atoms with van der Waals surface area (Å²) in [5.41, 5.74) is 9.72. The van der Waals surface area contributed by atoms with Gasteiger partial charge in [-0.3, -0.25) is 0 Å². The number of rotatable bonds is 2. The molecule has 1 heterocycles. The summed E-state index contributed by atoms with van der Waals surface area (Å²) >= 11 is 0. The lowest BCUT2D eigenvalue weighted by Crippen LogP contribution is -1.99. The molecule has 0 aliphatic heterocycles. The van der Waals surface area contributed by atoms with Crippen LogP contribution >= 0.6 is 0 Å². The first kappa shape index (κ1) is 11.4. The second-order valence-electron chi connectivity index (χ2n) is 3.91. The molecule has 0 saturated heterocycles. The molecule has 0 aliphatic carbocycles. The van der Waals surface area contributed by atoms with Crippen LogP contribution in [0.2, 0.25) is 0 Å². The van der Waals surface area contributed by atoms with Crippen molar-refractivity contribution in [1.82, 2.24) is 9.97 Å². The van der Waals surface area contributed by atoms with E-state index in [4.69, 9.17) is 10.5 Å². The lowest BCUT2D eigenvalue weighted by atomic mass is 10.0. The van der Waals surface area contributed by atoms with Crippen LogP contribution in [0.25, 0.3) is 11.3 Å². The van der Waals surface area contributed by atoms with Gasteiger partial charge >= 0.3 is 0 Å². The molecule has 0 atom stereocenters. The molecule has 88 valence electrons. The SMILES string of the molecule is COc1ccc(-c2ncnc(N)c2C)c(C)c1. The number of nitrogens with zero attached hydrogens (tertiary/aromatic N) is 2. The standard InChI is InChI=1S/C13H15N3O/c1-8-6-10(17-3)4-5-11(8)12-9(2)13(14)16-7-15-12/h4-7H,1-3H3,(H2,14,15,16). The molecular weight excluding hydrogens is 214 g/mol. The van der Waals surface area contributed by atoms with Crippen LogP contribution < -0.4 is 10.5 Å². The van der Waals surface area contributed by atoms with Crippen molar-refractivity contribution in [2.75, 3.05) is 12.8 Å². The van der Waals surface area contributed by atoms with Gasteiger partial charge in [0, 0.05) is 11.1 Å². The molecule has 2 aromatic rings. The maximum absolute atomic E-state index is 5.79. The molecule has 0 radical (unpaired) electrons. The highest BCUT2D eigenvalue weighted by Crippen LogP contribution is 2.28. The molecule has 2 N–H and O–H groups in total. The number of ether oxygens (including phenoxy) is 1. The fourth-order valence-electron chi connectivity index (χ4n) is 1.76. The van der Waals surface area contributed by atoms with E-state index in [9.17, 15) is 0 Å². The predicted octanol–water partition coefficient (Wildman–Crippen LogP) is 2.35. The lowest BCUT2D eigenvalue weighted by molar-refractivity contribution is 0.414. The van der Waals surface area contributed by atoms with Gasteiger partial charge in [-0.25, -0.2) is 9.97 Å². The van der Waals surface area contributed by atoms with E-state index < -0.39 is 0 Å². The van der Waals surface area contributed by atoms with Crippen LogP contribution in [0.15, 0.2) is 24.5 Å². The van der Waals surface area contributed by atoms with Crippen LogP contribution in [0.4, 0.5) is 5.82 Å². The highest BCUT2D eigenvalue weighted by molar-refractivity contribution is 5.70. The van der Waals surface area contributed by atoms with Crippen molar-refractivity contribution in [3.05, 3.63) is 35.7 Å². The molecule has 0 spiro atoms. The molecule has 4 heteroatoms. The number of benzene rings is 1. The van der Waals surface area contributed by atoms with E-state index in [1.54, 1.807) is 7.11 Å². The zero-order valence-corrected chi connectivity index (χ0v) is 10.2. The van der Waals surface area contributed by atoms with Crippen LogP contribution in [0.1, 0.15) is 11.1 Å². The van der Waals surface area contributed by atoms with Crippen LogP contribution in [0, 0.1) is 13.8 Å². The van der Waals surface area contributed by atoms with Crippen molar-refractivity contribution >= 4 is 5.82 Å². The summed E-state index contributed by atoms with van der Waals surface area (Å²) < 4.78 is 5.18. The average molecular weight is 229 g/mol. The fraction of sp³-hybridized carbons (Fsp3) is 0.231. The Morgan fingerprint density at radius 2 is 1.94 bits per heavy atom. The second-order valence-corrected chi connectivity index (χ2v) is 3.91. The van der Waals surface area contributed by atoms with E-state index in [1.807, 2.05) is 32.0 Å². The predicted molar refractivity (Wildman–Crippen MR) is 67.9 cm³/mol. The number of aryl methyl sites for hydroxylation is 1. The Morgan fingerprint density at radius 1 is 1.18 bits per heavy atom. The highest BCUT2D eigenvalue weighted by Gasteiger charge is 2.09. The Balaban J connectivity index is 2.57. The number of nitrogen functional groups attached to an aromatic ring is 1. The van der Waals surface area contributed by atoms with Gasteiger partial charge in [-0.2, -0.15) is 0 Å². The normalized spacial score (nSPS) is 10.3. The molecule has 17 heavy (non-hydrogen) atoms. The van der Waals surface area contributed by atoms with Crippen molar-refractivity contribution in [2.45, 2.75) is 13.8 Å². The Morgan fingerprint density at radius 3 is 2.59 bits per heavy atom. The van der Waals surface area contributed by atoms with Gasteiger partial charge in [0.1, 0.15) is 17.9 Å². The number of nitrogens with two attached hydrogens (primary N) is 1. The second kappa shape index (κ2) is 4.41. The van der Waals surface area contributed by atoms with Crippen molar-refractivity contribution in [3.63, 3.8) is 0 Å². The molecular formula is C13H15N3O. The van der Waals surface area contributed by atoms with E-state index >= 15 is 0 Å². The first-order chi connectivity index (χ1) is 8.13. The topological polar surface area (TPSA) is 61.0 Å². The fourth-order valence-corrected chi connectivity index (χ4v) is 1.76. The smallest absolute Gasteiger partial charge is 0.130 e. The molecule has 0 saturated carbocycles. The number of aromatic nitrogens is 2. The molecule has 0 unspecified atom stereocenters. The Hall–Kier alpha value is -2.10. The van der Waals surface area contributed by atoms with Crippen LogP contribution in [-0.4, -0.2) is 17.1 Å². The maximum atomic E-state index is 5.79. The van der Waals surface area contributed by atoms with Gasteiger partial charge < -0.3 is 10.5 Å². The van der Waals surface area contributed by atoms with E-state index in [0.29, 0.717) is 5.82 Å². The number of hydrogen-bond donors (Lipinski definition) is 1. The van der Waals surface area contributed by atoms with E-state index in [-0.39, 0.29) is 0 Å². The third-order valence-corrected chi connectivity index (χ3v) is 2.81. The minimum atomic E-state index is 0.519. The Bertz CT molecular complexity index is 552. The molecule has 0 bridgehead atoms. The van der Waals surface area contributed by atoms with Crippen molar-refractivity contribution in [3.8, 4) is 17.0 Å². The first-order valence-corrected chi connectivity index (χ1v) is 5.35. The van der Waals surface area contributed by atoms with E-state index in [2.05, 4.69) is 9.97 Å². The molecule has 2 rings (SSSR count). The number of hydrogen-bond acceptors (Lipinski definition) is 4. The van der Waals surface area contributed by atoms with Gasteiger partial charge in [0.25, 0.3) is 0 Å². The quantitative estimate of drug-likeness (QED) is 0.858. The summed E-state index contributed by atoms with van der Waals surface area (Å²) in [6.07, 6.45) is 1.49. The largest absolute Gasteiger partial charge is 0.497 e. The summed E-state index contributed by atoms with van der Waals surface area (Å²) in [5.74, 6) is 1.36. The number of anilines is 1. The minimum absolute atomic E-state index is 0.519.